The number of benzene rings is 1. The Morgan fingerprint density at radius 1 is 1.03 bits per heavy atom. The van der Waals surface area contributed by atoms with Crippen LogP contribution in [0.2, 0.25) is 0 Å². The molecule has 11 heteroatoms. The molecule has 3 aromatic rings. The lowest BCUT2D eigenvalue weighted by Gasteiger charge is -2.12. The van der Waals surface area contributed by atoms with Gasteiger partial charge in [-0.05, 0) is 25.1 Å². The van der Waals surface area contributed by atoms with Crippen molar-refractivity contribution < 1.29 is 27.4 Å². The Labute approximate surface area is 188 Å². The fourth-order valence-electron chi connectivity index (χ4n) is 2.63. The van der Waals surface area contributed by atoms with Gasteiger partial charge < -0.3 is 19.2 Å². The number of ether oxygens (including phenoxy) is 3. The molecule has 0 aliphatic rings. The van der Waals surface area contributed by atoms with Crippen LogP contribution in [-0.2, 0) is 15.2 Å². The van der Waals surface area contributed by atoms with Gasteiger partial charge in [0.1, 0.15) is 29.8 Å². The van der Waals surface area contributed by atoms with Gasteiger partial charge in [0.05, 0.1) is 36.6 Å². The van der Waals surface area contributed by atoms with Gasteiger partial charge in [-0.3, -0.25) is 0 Å². The second kappa shape index (κ2) is 12.1. The van der Waals surface area contributed by atoms with Crippen LogP contribution in [0.5, 0.6) is 5.75 Å². The molecule has 3 rings (SSSR count). The van der Waals surface area contributed by atoms with Gasteiger partial charge in [-0.2, -0.15) is 13.2 Å². The first-order chi connectivity index (χ1) is 14.4. The number of halogens is 4. The number of alkyl halides is 3. The zero-order valence-corrected chi connectivity index (χ0v) is 18.4. The SMILES string of the molecule is Cc1c(OCCOCCOCC(F)(F)F)ccnc1SCc1nc2ccccc2[nH]1.Cl. The van der Waals surface area contributed by atoms with Crippen LogP contribution in [0.1, 0.15) is 11.4 Å². The number of thioether (sulfide) groups is 1. The molecule has 170 valence electrons. The number of pyridine rings is 1. The van der Waals surface area contributed by atoms with Crippen molar-refractivity contribution in [3.63, 3.8) is 0 Å². The first kappa shape index (κ1) is 25.3. The molecule has 0 bridgehead atoms. The third-order valence-electron chi connectivity index (χ3n) is 4.02. The highest BCUT2D eigenvalue weighted by molar-refractivity contribution is 7.98. The fraction of sp³-hybridized carbons (Fsp3) is 0.400. The van der Waals surface area contributed by atoms with Gasteiger partial charge in [-0.1, -0.05) is 23.9 Å². The van der Waals surface area contributed by atoms with Crippen molar-refractivity contribution >= 4 is 35.2 Å². The van der Waals surface area contributed by atoms with Gasteiger partial charge in [-0.25, -0.2) is 9.97 Å². The summed E-state index contributed by atoms with van der Waals surface area (Å²) in [5.41, 5.74) is 2.84. The Hall–Kier alpha value is -2.01. The van der Waals surface area contributed by atoms with Gasteiger partial charge in [0, 0.05) is 11.8 Å². The molecular weight excluding hydrogens is 455 g/mol. The molecule has 6 nitrogen and oxygen atoms in total. The first-order valence-electron chi connectivity index (χ1n) is 9.29. The van der Waals surface area contributed by atoms with Crippen LogP contribution in [0.3, 0.4) is 0 Å². The summed E-state index contributed by atoms with van der Waals surface area (Å²) in [6.45, 7) is 1.15. The normalized spacial score (nSPS) is 11.5. The lowest BCUT2D eigenvalue weighted by molar-refractivity contribution is -0.176. The minimum atomic E-state index is -4.32. The number of fused-ring (bicyclic) bond motifs is 1. The number of hydrogen-bond donors (Lipinski definition) is 1. The number of imidazole rings is 1. The van der Waals surface area contributed by atoms with E-state index in [1.807, 2.05) is 31.2 Å². The lowest BCUT2D eigenvalue weighted by Crippen LogP contribution is -2.19. The van der Waals surface area contributed by atoms with Gasteiger partial charge in [0.25, 0.3) is 0 Å². The molecule has 0 fully saturated rings. The molecule has 0 aliphatic carbocycles. The molecule has 0 atom stereocenters. The molecule has 2 aromatic heterocycles. The van der Waals surface area contributed by atoms with E-state index in [0.717, 1.165) is 27.4 Å². The predicted octanol–water partition coefficient (Wildman–Crippen LogP) is 4.95. The Balaban J connectivity index is 0.00000341. The zero-order chi connectivity index (χ0) is 21.4. The molecule has 0 amide bonds. The maximum atomic E-state index is 11.9. The summed E-state index contributed by atoms with van der Waals surface area (Å²) in [6, 6.07) is 9.63. The number of H-pyrrole nitrogens is 1. The zero-order valence-electron chi connectivity index (χ0n) is 16.8. The summed E-state index contributed by atoms with van der Waals surface area (Å²) in [5, 5.41) is 0.842. The van der Waals surface area contributed by atoms with Gasteiger partial charge >= 0.3 is 6.18 Å². The third kappa shape index (κ3) is 8.21. The van der Waals surface area contributed by atoms with Crippen molar-refractivity contribution in [1.82, 2.24) is 15.0 Å². The van der Waals surface area contributed by atoms with E-state index >= 15 is 0 Å². The van der Waals surface area contributed by atoms with Crippen LogP contribution >= 0.6 is 24.2 Å². The summed E-state index contributed by atoms with van der Waals surface area (Å²) in [7, 11) is 0. The topological polar surface area (TPSA) is 69.3 Å². The number of para-hydroxylation sites is 2. The van der Waals surface area contributed by atoms with Crippen molar-refractivity contribution in [2.24, 2.45) is 0 Å². The molecule has 0 spiro atoms. The summed E-state index contributed by atoms with van der Waals surface area (Å²) in [4.78, 5) is 12.3. The van der Waals surface area contributed by atoms with E-state index in [1.54, 1.807) is 24.0 Å². The first-order valence-corrected chi connectivity index (χ1v) is 10.3. The van der Waals surface area contributed by atoms with Crippen LogP contribution in [0.4, 0.5) is 13.2 Å². The second-order valence-corrected chi connectivity index (χ2v) is 7.32. The van der Waals surface area contributed by atoms with Gasteiger partial charge in [-0.15, -0.1) is 12.4 Å². The van der Waals surface area contributed by atoms with Crippen LogP contribution < -0.4 is 4.74 Å². The van der Waals surface area contributed by atoms with Crippen molar-refractivity contribution in [3.8, 4) is 5.75 Å². The molecule has 0 radical (unpaired) electrons. The molecule has 2 heterocycles. The van der Waals surface area contributed by atoms with E-state index in [-0.39, 0.29) is 38.8 Å². The minimum Gasteiger partial charge on any atom is -0.491 e. The molecule has 0 saturated carbocycles. The summed E-state index contributed by atoms with van der Waals surface area (Å²) >= 11 is 1.56. The number of aromatic amines is 1. The average molecular weight is 478 g/mol. The number of nitrogens with zero attached hydrogens (tertiary/aromatic N) is 2. The maximum absolute atomic E-state index is 11.9. The highest BCUT2D eigenvalue weighted by Gasteiger charge is 2.27. The molecule has 1 N–H and O–H groups in total. The fourth-order valence-corrected chi connectivity index (χ4v) is 3.49. The Kier molecular flexibility index (Phi) is 9.89. The van der Waals surface area contributed by atoms with Crippen molar-refractivity contribution in [2.45, 2.75) is 23.9 Å². The number of nitrogens with one attached hydrogen (secondary N) is 1. The quantitative estimate of drug-likeness (QED) is 0.311. The Bertz CT molecular complexity index is 923. The monoisotopic (exact) mass is 477 g/mol. The van der Waals surface area contributed by atoms with Crippen LogP contribution in [0.15, 0.2) is 41.6 Å². The molecular formula is C20H23ClF3N3O3S. The number of aromatic nitrogens is 3. The largest absolute Gasteiger partial charge is 0.491 e. The number of hydrogen-bond acceptors (Lipinski definition) is 6. The smallest absolute Gasteiger partial charge is 0.411 e. The predicted molar refractivity (Wildman–Crippen MR) is 115 cm³/mol. The van der Waals surface area contributed by atoms with E-state index in [1.165, 1.54) is 0 Å². The molecule has 31 heavy (non-hydrogen) atoms. The summed E-state index contributed by atoms with van der Waals surface area (Å²) in [5.74, 6) is 2.21. The van der Waals surface area contributed by atoms with Gasteiger partial charge in [0.15, 0.2) is 0 Å². The molecule has 1 aromatic carbocycles. The van der Waals surface area contributed by atoms with Gasteiger partial charge in [0.2, 0.25) is 0 Å². The van der Waals surface area contributed by atoms with E-state index < -0.39 is 12.8 Å². The highest BCUT2D eigenvalue weighted by atomic mass is 35.5. The standard InChI is InChI=1S/C20H22F3N3O3S.ClH/c1-14-17(29-11-10-27-8-9-28-13-20(21,22)23)6-7-24-19(14)30-12-18-25-15-4-2-3-5-16(15)26-18;/h2-7H,8-13H2,1H3,(H,25,26);1H. The average Bonchev–Trinajstić information content (AvgIpc) is 3.12. The van der Waals surface area contributed by atoms with Crippen LogP contribution in [-0.4, -0.2) is 54.2 Å². The highest BCUT2D eigenvalue weighted by Crippen LogP contribution is 2.29. The van der Waals surface area contributed by atoms with Crippen LogP contribution in [0, 0.1) is 6.92 Å². The Morgan fingerprint density at radius 2 is 1.77 bits per heavy atom. The molecule has 0 aliphatic heterocycles. The second-order valence-electron chi connectivity index (χ2n) is 6.36. The van der Waals surface area contributed by atoms with E-state index in [0.29, 0.717) is 11.5 Å². The van der Waals surface area contributed by atoms with Crippen LogP contribution in [0.25, 0.3) is 11.0 Å². The lowest BCUT2D eigenvalue weighted by atomic mass is 10.3. The molecule has 0 saturated heterocycles. The maximum Gasteiger partial charge on any atom is 0.411 e. The van der Waals surface area contributed by atoms with Crippen molar-refractivity contribution in [3.05, 3.63) is 47.9 Å². The van der Waals surface area contributed by atoms with E-state index in [2.05, 4.69) is 19.7 Å². The third-order valence-corrected chi connectivity index (χ3v) is 5.12. The minimum absolute atomic E-state index is 0. The van der Waals surface area contributed by atoms with E-state index in [4.69, 9.17) is 9.47 Å². The van der Waals surface area contributed by atoms with Crippen molar-refractivity contribution in [1.29, 1.82) is 0 Å². The molecule has 0 unspecified atom stereocenters. The van der Waals surface area contributed by atoms with Crippen molar-refractivity contribution in [2.75, 3.05) is 33.0 Å². The Morgan fingerprint density at radius 3 is 2.55 bits per heavy atom. The number of rotatable bonds is 11. The van der Waals surface area contributed by atoms with E-state index in [9.17, 15) is 13.2 Å². The summed E-state index contributed by atoms with van der Waals surface area (Å²) < 4.78 is 51.2. The summed E-state index contributed by atoms with van der Waals surface area (Å²) in [6.07, 6.45) is -2.64.